The number of aromatic nitrogens is 2. The minimum absolute atomic E-state index is 0.211. The number of amides is 1. The van der Waals surface area contributed by atoms with Gasteiger partial charge < -0.3 is 15.7 Å². The zero-order chi connectivity index (χ0) is 20.1. The van der Waals surface area contributed by atoms with Crippen LogP contribution in [-0.4, -0.2) is 64.7 Å². The number of hydrogen-bond acceptors (Lipinski definition) is 6. The summed E-state index contributed by atoms with van der Waals surface area (Å²) in [5, 5.41) is 16.6. The van der Waals surface area contributed by atoms with Crippen LogP contribution in [0.15, 0.2) is 36.7 Å². The van der Waals surface area contributed by atoms with Crippen LogP contribution in [-0.2, 0) is 19.4 Å². The molecule has 0 saturated carbocycles. The number of aliphatic hydroxyl groups is 1. The van der Waals surface area contributed by atoms with E-state index in [0.29, 0.717) is 18.2 Å². The highest BCUT2D eigenvalue weighted by Crippen LogP contribution is 2.18. The lowest BCUT2D eigenvalue weighted by Crippen LogP contribution is -2.42. The van der Waals surface area contributed by atoms with E-state index >= 15 is 0 Å². The van der Waals surface area contributed by atoms with Crippen molar-refractivity contribution in [3.8, 4) is 0 Å². The van der Waals surface area contributed by atoms with Crippen molar-refractivity contribution in [1.29, 1.82) is 0 Å². The average molecular weight is 396 g/mol. The predicted molar refractivity (Wildman–Crippen MR) is 110 cm³/mol. The van der Waals surface area contributed by atoms with Gasteiger partial charge in [-0.25, -0.2) is 9.97 Å². The summed E-state index contributed by atoms with van der Waals surface area (Å²) in [6.45, 7) is 4.56. The van der Waals surface area contributed by atoms with Gasteiger partial charge in [0.2, 0.25) is 0 Å². The van der Waals surface area contributed by atoms with Crippen molar-refractivity contribution in [2.75, 3.05) is 32.7 Å². The Balaban J connectivity index is 1.25. The highest BCUT2D eigenvalue weighted by Gasteiger charge is 2.20. The van der Waals surface area contributed by atoms with E-state index in [0.717, 1.165) is 51.1 Å². The molecule has 1 aromatic carbocycles. The summed E-state index contributed by atoms with van der Waals surface area (Å²) in [7, 11) is 0. The second kappa shape index (κ2) is 9.43. The summed E-state index contributed by atoms with van der Waals surface area (Å²) in [6, 6.07) is 10.2. The first-order valence-corrected chi connectivity index (χ1v) is 10.4. The van der Waals surface area contributed by atoms with Crippen LogP contribution in [0.25, 0.3) is 0 Å². The van der Waals surface area contributed by atoms with Crippen LogP contribution in [0, 0.1) is 5.92 Å². The first-order valence-electron chi connectivity index (χ1n) is 10.4. The van der Waals surface area contributed by atoms with Gasteiger partial charge in [0.1, 0.15) is 12.0 Å². The number of fused-ring (bicyclic) bond motifs is 1. The summed E-state index contributed by atoms with van der Waals surface area (Å²) in [5.41, 5.74) is 3.96. The smallest absolute Gasteiger partial charge is 0.270 e. The SMILES string of the molecule is O=C(NC[C@H](O)CN1CCc2ccccc2C1)c1cc(CC2CCNC2)ncn1. The molecule has 2 aliphatic heterocycles. The average Bonchev–Trinajstić information content (AvgIpc) is 3.25. The van der Waals surface area contributed by atoms with Crippen LogP contribution >= 0.6 is 0 Å². The van der Waals surface area contributed by atoms with Crippen molar-refractivity contribution >= 4 is 5.91 Å². The molecule has 1 saturated heterocycles. The zero-order valence-corrected chi connectivity index (χ0v) is 16.7. The predicted octanol–water partition coefficient (Wildman–Crippen LogP) is 0.778. The number of rotatable bonds is 7. The van der Waals surface area contributed by atoms with Crippen molar-refractivity contribution in [3.05, 3.63) is 59.2 Å². The van der Waals surface area contributed by atoms with E-state index in [1.807, 2.05) is 0 Å². The van der Waals surface area contributed by atoms with Gasteiger partial charge in [0.25, 0.3) is 5.91 Å². The van der Waals surface area contributed by atoms with Gasteiger partial charge in [-0.2, -0.15) is 0 Å². The lowest BCUT2D eigenvalue weighted by molar-refractivity contribution is 0.0838. The van der Waals surface area contributed by atoms with Gasteiger partial charge >= 0.3 is 0 Å². The van der Waals surface area contributed by atoms with Crippen molar-refractivity contribution < 1.29 is 9.90 Å². The summed E-state index contributed by atoms with van der Waals surface area (Å²) >= 11 is 0. The number of carbonyl (C=O) groups excluding carboxylic acids is 1. The lowest BCUT2D eigenvalue weighted by atomic mass is 10.00. The molecule has 7 heteroatoms. The first kappa shape index (κ1) is 19.9. The molecule has 154 valence electrons. The Bertz CT molecular complexity index is 837. The molecule has 3 heterocycles. The molecule has 4 rings (SSSR count). The molecule has 0 radical (unpaired) electrons. The number of aliphatic hydroxyl groups excluding tert-OH is 1. The number of carbonyl (C=O) groups is 1. The summed E-state index contributed by atoms with van der Waals surface area (Å²) in [5.74, 6) is 0.304. The third-order valence-corrected chi connectivity index (χ3v) is 5.79. The maximum Gasteiger partial charge on any atom is 0.270 e. The molecule has 1 aromatic heterocycles. The Morgan fingerprint density at radius 2 is 2.17 bits per heavy atom. The largest absolute Gasteiger partial charge is 0.390 e. The molecule has 2 atom stereocenters. The molecule has 0 spiro atoms. The topological polar surface area (TPSA) is 90.4 Å². The monoisotopic (exact) mass is 395 g/mol. The number of benzene rings is 1. The number of β-amino-alcohol motifs (C(OH)–C–C–N with tert-alkyl or cyclic N) is 1. The third-order valence-electron chi connectivity index (χ3n) is 5.79. The van der Waals surface area contributed by atoms with Gasteiger partial charge in [-0.1, -0.05) is 24.3 Å². The van der Waals surface area contributed by atoms with Crippen LogP contribution in [0.3, 0.4) is 0 Å². The quantitative estimate of drug-likeness (QED) is 0.642. The van der Waals surface area contributed by atoms with Crippen molar-refractivity contribution in [2.45, 2.75) is 31.9 Å². The fraction of sp³-hybridized carbons (Fsp3) is 0.500. The maximum absolute atomic E-state index is 12.5. The highest BCUT2D eigenvalue weighted by molar-refractivity contribution is 5.92. The van der Waals surface area contributed by atoms with Crippen LogP contribution < -0.4 is 10.6 Å². The standard InChI is InChI=1S/C22H29N5O2/c28-20(14-27-8-6-17-3-1-2-4-18(17)13-27)12-24-22(29)21-10-19(25-15-26-21)9-16-5-7-23-11-16/h1-4,10,15-16,20,23,28H,5-9,11-14H2,(H,24,29)/t16?,20-/m0/s1. The number of hydrogen-bond donors (Lipinski definition) is 3. The van der Waals surface area contributed by atoms with Crippen LogP contribution in [0.1, 0.15) is 33.7 Å². The molecule has 2 aliphatic rings. The van der Waals surface area contributed by atoms with Gasteiger partial charge in [-0.05, 0) is 55.5 Å². The molecule has 29 heavy (non-hydrogen) atoms. The van der Waals surface area contributed by atoms with Crippen molar-refractivity contribution in [2.24, 2.45) is 5.92 Å². The van der Waals surface area contributed by atoms with Gasteiger partial charge in [0, 0.05) is 31.9 Å². The van der Waals surface area contributed by atoms with Gasteiger partial charge in [-0.15, -0.1) is 0 Å². The highest BCUT2D eigenvalue weighted by atomic mass is 16.3. The van der Waals surface area contributed by atoms with Crippen LogP contribution in [0.5, 0.6) is 0 Å². The summed E-state index contributed by atoms with van der Waals surface area (Å²) in [6.07, 6.45) is 3.83. The maximum atomic E-state index is 12.5. The Morgan fingerprint density at radius 1 is 1.31 bits per heavy atom. The Hall–Kier alpha value is -2.35. The molecular weight excluding hydrogens is 366 g/mol. The van der Waals surface area contributed by atoms with Gasteiger partial charge in [-0.3, -0.25) is 9.69 Å². The molecule has 1 fully saturated rings. The van der Waals surface area contributed by atoms with E-state index < -0.39 is 6.10 Å². The number of nitrogens with zero attached hydrogens (tertiary/aromatic N) is 3. The van der Waals surface area contributed by atoms with E-state index in [1.54, 1.807) is 6.07 Å². The fourth-order valence-corrected chi connectivity index (χ4v) is 4.19. The Morgan fingerprint density at radius 3 is 3.00 bits per heavy atom. The molecule has 1 amide bonds. The molecule has 3 N–H and O–H groups in total. The van der Waals surface area contributed by atoms with E-state index in [1.165, 1.54) is 17.5 Å². The Labute approximate surface area is 171 Å². The zero-order valence-electron chi connectivity index (χ0n) is 16.7. The molecule has 0 aliphatic carbocycles. The number of nitrogens with one attached hydrogen (secondary N) is 2. The van der Waals surface area contributed by atoms with E-state index in [9.17, 15) is 9.90 Å². The molecule has 1 unspecified atom stereocenters. The van der Waals surface area contributed by atoms with E-state index in [4.69, 9.17) is 0 Å². The van der Waals surface area contributed by atoms with E-state index in [2.05, 4.69) is 49.8 Å². The fourth-order valence-electron chi connectivity index (χ4n) is 4.19. The third kappa shape index (κ3) is 5.38. The molecule has 2 aromatic rings. The normalized spacial score (nSPS) is 20.2. The second-order valence-corrected chi connectivity index (χ2v) is 8.08. The lowest BCUT2D eigenvalue weighted by Gasteiger charge is -2.30. The minimum atomic E-state index is -0.616. The molecular formula is C22H29N5O2. The second-order valence-electron chi connectivity index (χ2n) is 8.08. The van der Waals surface area contributed by atoms with E-state index in [-0.39, 0.29) is 12.5 Å². The summed E-state index contributed by atoms with van der Waals surface area (Å²) < 4.78 is 0. The summed E-state index contributed by atoms with van der Waals surface area (Å²) in [4.78, 5) is 23.1. The van der Waals surface area contributed by atoms with Crippen molar-refractivity contribution in [1.82, 2.24) is 25.5 Å². The van der Waals surface area contributed by atoms with Crippen molar-refractivity contribution in [3.63, 3.8) is 0 Å². The van der Waals surface area contributed by atoms with Gasteiger partial charge in [0.05, 0.1) is 6.10 Å². The van der Waals surface area contributed by atoms with Crippen LogP contribution in [0.4, 0.5) is 0 Å². The molecule has 0 bridgehead atoms. The van der Waals surface area contributed by atoms with Crippen LogP contribution in [0.2, 0.25) is 0 Å². The van der Waals surface area contributed by atoms with Gasteiger partial charge in [0.15, 0.2) is 0 Å². The molecule has 7 nitrogen and oxygen atoms in total. The minimum Gasteiger partial charge on any atom is -0.390 e. The Kier molecular flexibility index (Phi) is 6.49. The first-order chi connectivity index (χ1) is 14.2.